The fraction of sp³-hybridized carbons (Fsp3) is 0.714. The Morgan fingerprint density at radius 3 is 3.00 bits per heavy atom. The molecule has 2 rings (SSSR count). The molecule has 1 aliphatic carbocycles. The first kappa shape index (κ1) is 14.1. The second-order valence-electron chi connectivity index (χ2n) is 5.23. The Morgan fingerprint density at radius 2 is 2.42 bits per heavy atom. The van der Waals surface area contributed by atoms with Gasteiger partial charge in [0.05, 0.1) is 13.3 Å². The van der Waals surface area contributed by atoms with Gasteiger partial charge < -0.3 is 10.1 Å². The van der Waals surface area contributed by atoms with Gasteiger partial charge in [-0.3, -0.25) is 9.48 Å². The summed E-state index contributed by atoms with van der Waals surface area (Å²) in [5.74, 6) is 0.600. The molecule has 19 heavy (non-hydrogen) atoms. The summed E-state index contributed by atoms with van der Waals surface area (Å²) < 4.78 is 6.76. The summed E-state index contributed by atoms with van der Waals surface area (Å²) in [5.41, 5.74) is 1.11. The predicted octanol–water partition coefficient (Wildman–Crippen LogP) is 1.72. The third-order valence-corrected chi connectivity index (χ3v) is 3.80. The molecule has 1 N–H and O–H groups in total. The summed E-state index contributed by atoms with van der Waals surface area (Å²) in [4.78, 5) is 11.5. The molecule has 1 unspecified atom stereocenters. The topological polar surface area (TPSA) is 56.2 Å². The monoisotopic (exact) mass is 265 g/mol. The van der Waals surface area contributed by atoms with Crippen LogP contribution in [-0.4, -0.2) is 28.9 Å². The van der Waals surface area contributed by atoms with E-state index in [-0.39, 0.29) is 12.0 Å². The van der Waals surface area contributed by atoms with Gasteiger partial charge >= 0.3 is 5.97 Å². The van der Waals surface area contributed by atoms with Crippen molar-refractivity contribution in [3.63, 3.8) is 0 Å². The lowest BCUT2D eigenvalue weighted by atomic mass is 9.85. The number of rotatable bonds is 7. The molecule has 0 aliphatic heterocycles. The number of esters is 1. The van der Waals surface area contributed by atoms with E-state index in [1.165, 1.54) is 26.4 Å². The molecule has 0 saturated heterocycles. The number of carbonyl (C=O) groups is 1. The molecule has 1 heterocycles. The zero-order chi connectivity index (χ0) is 13.7. The maximum Gasteiger partial charge on any atom is 0.322 e. The highest BCUT2D eigenvalue weighted by Crippen LogP contribution is 2.27. The lowest BCUT2D eigenvalue weighted by Gasteiger charge is -2.24. The first-order valence-electron chi connectivity index (χ1n) is 7.05. The lowest BCUT2D eigenvalue weighted by Crippen LogP contribution is -2.36. The van der Waals surface area contributed by atoms with Crippen molar-refractivity contribution in [2.75, 3.05) is 7.11 Å². The molecule has 0 aromatic carbocycles. The van der Waals surface area contributed by atoms with Crippen LogP contribution in [0.25, 0.3) is 0 Å². The van der Waals surface area contributed by atoms with E-state index in [4.69, 9.17) is 4.74 Å². The normalized spacial score (nSPS) is 16.9. The molecule has 5 heteroatoms. The second kappa shape index (κ2) is 6.70. The summed E-state index contributed by atoms with van der Waals surface area (Å²) in [6.45, 7) is 3.64. The second-order valence-corrected chi connectivity index (χ2v) is 5.23. The minimum absolute atomic E-state index is 0.204. The van der Waals surface area contributed by atoms with E-state index >= 15 is 0 Å². The average Bonchev–Trinajstić information content (AvgIpc) is 2.82. The Bertz CT molecular complexity index is 413. The third kappa shape index (κ3) is 3.80. The highest BCUT2D eigenvalue weighted by Gasteiger charge is 2.19. The molecule has 1 aliphatic rings. The SMILES string of the molecule is CCC(NCc1cnn(CC2CCC2)c1)C(=O)OC. The first-order valence-corrected chi connectivity index (χ1v) is 7.05. The highest BCUT2D eigenvalue weighted by molar-refractivity contribution is 5.75. The van der Waals surface area contributed by atoms with Gasteiger partial charge in [0.25, 0.3) is 0 Å². The van der Waals surface area contributed by atoms with Crippen molar-refractivity contribution >= 4 is 5.97 Å². The molecule has 0 amide bonds. The molecule has 1 fully saturated rings. The van der Waals surface area contributed by atoms with Crippen LogP contribution in [0.1, 0.15) is 38.2 Å². The van der Waals surface area contributed by atoms with Crippen molar-refractivity contribution in [2.45, 2.75) is 51.7 Å². The van der Waals surface area contributed by atoms with Crippen LogP contribution in [0.5, 0.6) is 0 Å². The van der Waals surface area contributed by atoms with E-state index < -0.39 is 0 Å². The molecule has 106 valence electrons. The Labute approximate surface area is 114 Å². The summed E-state index contributed by atoms with van der Waals surface area (Å²) in [5, 5.41) is 7.57. The van der Waals surface area contributed by atoms with Crippen LogP contribution in [0.3, 0.4) is 0 Å². The number of aromatic nitrogens is 2. The van der Waals surface area contributed by atoms with E-state index in [2.05, 4.69) is 16.6 Å². The Morgan fingerprint density at radius 1 is 1.63 bits per heavy atom. The third-order valence-electron chi connectivity index (χ3n) is 3.80. The number of nitrogens with one attached hydrogen (secondary N) is 1. The quantitative estimate of drug-likeness (QED) is 0.763. The van der Waals surface area contributed by atoms with Gasteiger partial charge in [-0.25, -0.2) is 0 Å². The highest BCUT2D eigenvalue weighted by atomic mass is 16.5. The molecule has 0 spiro atoms. The largest absolute Gasteiger partial charge is 0.468 e. The lowest BCUT2D eigenvalue weighted by molar-refractivity contribution is -0.143. The molecule has 1 atom stereocenters. The van der Waals surface area contributed by atoms with Gasteiger partial charge in [-0.05, 0) is 25.2 Å². The standard InChI is InChI=1S/C14H23N3O2/c1-3-13(14(18)19-2)15-7-12-8-16-17(10-12)9-11-5-4-6-11/h8,10-11,13,15H,3-7,9H2,1-2H3. The summed E-state index contributed by atoms with van der Waals surface area (Å²) in [7, 11) is 1.42. The predicted molar refractivity (Wildman–Crippen MR) is 72.5 cm³/mol. The minimum atomic E-state index is -0.236. The Kier molecular flexibility index (Phi) is 4.96. The number of carbonyl (C=O) groups excluding carboxylic acids is 1. The van der Waals surface area contributed by atoms with Gasteiger partial charge in [0.15, 0.2) is 0 Å². The van der Waals surface area contributed by atoms with Crippen LogP contribution >= 0.6 is 0 Å². The van der Waals surface area contributed by atoms with Crippen molar-refractivity contribution in [3.8, 4) is 0 Å². The molecule has 5 nitrogen and oxygen atoms in total. The number of methoxy groups -OCH3 is 1. The molecule has 0 radical (unpaired) electrons. The van der Waals surface area contributed by atoms with E-state index in [1.807, 2.05) is 17.8 Å². The Balaban J connectivity index is 1.80. The van der Waals surface area contributed by atoms with Crippen LogP contribution in [0.4, 0.5) is 0 Å². The number of ether oxygens (including phenoxy) is 1. The van der Waals surface area contributed by atoms with Crippen molar-refractivity contribution < 1.29 is 9.53 Å². The molecular formula is C14H23N3O2. The molecular weight excluding hydrogens is 242 g/mol. The molecule has 1 aromatic heterocycles. The van der Waals surface area contributed by atoms with Crippen LogP contribution < -0.4 is 5.32 Å². The van der Waals surface area contributed by atoms with Crippen LogP contribution in [0.2, 0.25) is 0 Å². The number of nitrogens with zero attached hydrogens (tertiary/aromatic N) is 2. The van der Waals surface area contributed by atoms with Crippen molar-refractivity contribution in [3.05, 3.63) is 18.0 Å². The van der Waals surface area contributed by atoms with Crippen molar-refractivity contribution in [2.24, 2.45) is 5.92 Å². The van der Waals surface area contributed by atoms with E-state index in [1.54, 1.807) is 0 Å². The molecule has 1 saturated carbocycles. The summed E-state index contributed by atoms with van der Waals surface area (Å²) in [6, 6.07) is -0.236. The van der Waals surface area contributed by atoms with Gasteiger partial charge in [0, 0.05) is 24.8 Å². The average molecular weight is 265 g/mol. The summed E-state index contributed by atoms with van der Waals surface area (Å²) in [6.07, 6.45) is 8.67. The van der Waals surface area contributed by atoms with Gasteiger partial charge in [0.1, 0.15) is 6.04 Å². The van der Waals surface area contributed by atoms with E-state index in [9.17, 15) is 4.79 Å². The van der Waals surface area contributed by atoms with Gasteiger partial charge in [-0.1, -0.05) is 13.3 Å². The van der Waals surface area contributed by atoms with Crippen LogP contribution in [0.15, 0.2) is 12.4 Å². The fourth-order valence-electron chi connectivity index (χ4n) is 2.32. The number of hydrogen-bond acceptors (Lipinski definition) is 4. The van der Waals surface area contributed by atoms with Crippen LogP contribution in [-0.2, 0) is 22.6 Å². The van der Waals surface area contributed by atoms with Crippen molar-refractivity contribution in [1.82, 2.24) is 15.1 Å². The van der Waals surface area contributed by atoms with Crippen LogP contribution in [0, 0.1) is 5.92 Å². The van der Waals surface area contributed by atoms with Gasteiger partial charge in [0.2, 0.25) is 0 Å². The fourth-order valence-corrected chi connectivity index (χ4v) is 2.32. The number of hydrogen-bond donors (Lipinski definition) is 1. The Hall–Kier alpha value is -1.36. The van der Waals surface area contributed by atoms with Gasteiger partial charge in [-0.2, -0.15) is 5.10 Å². The van der Waals surface area contributed by atoms with Gasteiger partial charge in [-0.15, -0.1) is 0 Å². The maximum absolute atomic E-state index is 11.5. The van der Waals surface area contributed by atoms with E-state index in [0.717, 1.165) is 24.4 Å². The maximum atomic E-state index is 11.5. The first-order chi connectivity index (χ1) is 9.22. The molecule has 1 aromatic rings. The van der Waals surface area contributed by atoms with Crippen molar-refractivity contribution in [1.29, 1.82) is 0 Å². The van der Waals surface area contributed by atoms with E-state index in [0.29, 0.717) is 6.54 Å². The smallest absolute Gasteiger partial charge is 0.322 e. The molecule has 0 bridgehead atoms. The zero-order valence-corrected chi connectivity index (χ0v) is 11.8. The minimum Gasteiger partial charge on any atom is -0.468 e. The zero-order valence-electron chi connectivity index (χ0n) is 11.8. The summed E-state index contributed by atoms with van der Waals surface area (Å²) >= 11 is 0.